The van der Waals surface area contributed by atoms with Crippen molar-refractivity contribution in [3.8, 4) is 5.75 Å². The average Bonchev–Trinajstić information content (AvgIpc) is 2.78. The van der Waals surface area contributed by atoms with Crippen LogP contribution in [-0.4, -0.2) is 16.1 Å². The number of hydrogen-bond acceptors (Lipinski definition) is 3. The molecule has 0 fully saturated rings. The second kappa shape index (κ2) is 9.43. The summed E-state index contributed by atoms with van der Waals surface area (Å²) in [7, 11) is 0. The van der Waals surface area contributed by atoms with Crippen LogP contribution in [0.3, 0.4) is 0 Å². The summed E-state index contributed by atoms with van der Waals surface area (Å²) >= 11 is 13.2. The summed E-state index contributed by atoms with van der Waals surface area (Å²) in [6.45, 7) is 2.03. The molecule has 0 unspecified atom stereocenters. The molecule has 0 aliphatic rings. The zero-order valence-corrected chi connectivity index (χ0v) is 18.7. The molecule has 1 N–H and O–H groups in total. The van der Waals surface area contributed by atoms with E-state index in [4.69, 9.17) is 27.9 Å². The van der Waals surface area contributed by atoms with Crippen molar-refractivity contribution in [2.45, 2.75) is 13.5 Å². The van der Waals surface area contributed by atoms with Crippen LogP contribution >= 0.6 is 23.2 Å². The first-order chi connectivity index (χ1) is 15.4. The number of carbonyl (C=O) groups is 1. The number of nitrogens with zero attached hydrogens (tertiary/aromatic N) is 1. The molecule has 1 heterocycles. The number of pyridine rings is 1. The summed E-state index contributed by atoms with van der Waals surface area (Å²) in [4.78, 5) is 16.1. The van der Waals surface area contributed by atoms with Gasteiger partial charge in [0, 0.05) is 33.3 Å². The number of hydrogen-bond donors (Lipinski definition) is 1. The average molecular weight is 464 g/mol. The third kappa shape index (κ3) is 4.62. The fourth-order valence-electron chi connectivity index (χ4n) is 3.48. The molecule has 4 aromatic rings. The summed E-state index contributed by atoms with van der Waals surface area (Å²) < 4.78 is 6.08. The lowest BCUT2D eigenvalue weighted by Gasteiger charge is -2.16. The van der Waals surface area contributed by atoms with Crippen LogP contribution in [0.2, 0.25) is 10.0 Å². The number of rotatable bonds is 6. The number of para-hydroxylation sites is 1. The van der Waals surface area contributed by atoms with Crippen LogP contribution in [0.1, 0.15) is 22.4 Å². The van der Waals surface area contributed by atoms with Gasteiger partial charge in [-0.25, -0.2) is 9.78 Å². The minimum Gasteiger partial charge on any atom is -0.487 e. The predicted molar refractivity (Wildman–Crippen MR) is 128 cm³/mol. The molecule has 0 bridgehead atoms. The van der Waals surface area contributed by atoms with E-state index in [0.29, 0.717) is 32.5 Å². The Hall–Kier alpha value is -3.34. The molecular formula is C26H19Cl2NO3. The van der Waals surface area contributed by atoms with Gasteiger partial charge in [0.1, 0.15) is 17.9 Å². The van der Waals surface area contributed by atoms with Gasteiger partial charge in [0.15, 0.2) is 0 Å². The Bertz CT molecular complexity index is 1330. The fourth-order valence-corrected chi connectivity index (χ4v) is 4.06. The normalized spacial score (nSPS) is 11.5. The summed E-state index contributed by atoms with van der Waals surface area (Å²) in [5.41, 5.74) is 4.01. The smallest absolute Gasteiger partial charge is 0.328 e. The monoisotopic (exact) mass is 463 g/mol. The van der Waals surface area contributed by atoms with Crippen LogP contribution < -0.4 is 4.74 Å². The zero-order chi connectivity index (χ0) is 22.7. The maximum absolute atomic E-state index is 11.5. The molecule has 0 atom stereocenters. The number of ether oxygens (including phenoxy) is 1. The molecule has 0 amide bonds. The largest absolute Gasteiger partial charge is 0.487 e. The third-order valence-electron chi connectivity index (χ3n) is 5.02. The predicted octanol–water partition coefficient (Wildman–Crippen LogP) is 6.95. The van der Waals surface area contributed by atoms with Crippen LogP contribution in [0.15, 0.2) is 78.9 Å². The van der Waals surface area contributed by atoms with Crippen molar-refractivity contribution in [1.82, 2.24) is 4.98 Å². The molecule has 4 rings (SSSR count). The quantitative estimate of drug-likeness (QED) is 0.314. The first kappa shape index (κ1) is 21.9. The number of benzene rings is 3. The van der Waals surface area contributed by atoms with Crippen LogP contribution in [0.25, 0.3) is 16.5 Å². The molecule has 4 nitrogen and oxygen atoms in total. The van der Waals surface area contributed by atoms with E-state index in [-0.39, 0.29) is 6.61 Å². The van der Waals surface area contributed by atoms with E-state index >= 15 is 0 Å². The first-order valence-corrected chi connectivity index (χ1v) is 10.7. The minimum absolute atomic E-state index is 0.107. The molecule has 0 saturated carbocycles. The number of fused-ring (bicyclic) bond motifs is 1. The number of carboxylic acids is 1. The standard InChI is InChI=1S/C26H19Cl2NO3/c1-16-10-11-18-8-5-9-23(26(18)29-16)32-15-21-22(27)13-12-19(25(21)28)20(14-24(30)31)17-6-3-2-4-7-17/h2-14H,15H2,1H3,(H,30,31)/b20-14-. The molecule has 0 aliphatic heterocycles. The van der Waals surface area contributed by atoms with Gasteiger partial charge in [-0.15, -0.1) is 0 Å². The van der Waals surface area contributed by atoms with Crippen molar-refractivity contribution in [2.24, 2.45) is 0 Å². The first-order valence-electron chi connectivity index (χ1n) is 9.90. The lowest BCUT2D eigenvalue weighted by Crippen LogP contribution is -2.02. The highest BCUT2D eigenvalue weighted by molar-refractivity contribution is 6.37. The highest BCUT2D eigenvalue weighted by Gasteiger charge is 2.17. The van der Waals surface area contributed by atoms with Gasteiger partial charge >= 0.3 is 5.97 Å². The van der Waals surface area contributed by atoms with E-state index in [9.17, 15) is 9.90 Å². The Morgan fingerprint density at radius 1 is 1.00 bits per heavy atom. The maximum Gasteiger partial charge on any atom is 0.328 e. The lowest BCUT2D eigenvalue weighted by atomic mass is 9.96. The molecule has 0 saturated heterocycles. The van der Waals surface area contributed by atoms with E-state index in [1.54, 1.807) is 12.1 Å². The SMILES string of the molecule is Cc1ccc2cccc(OCc3c(Cl)ccc(/C(=C\C(=O)O)c4ccccc4)c3Cl)c2n1. The summed E-state index contributed by atoms with van der Waals surface area (Å²) in [6.07, 6.45) is 1.15. The molecule has 32 heavy (non-hydrogen) atoms. The molecule has 3 aromatic carbocycles. The number of aryl methyl sites for hydroxylation is 1. The topological polar surface area (TPSA) is 59.4 Å². The van der Waals surface area contributed by atoms with Crippen molar-refractivity contribution >= 4 is 45.6 Å². The van der Waals surface area contributed by atoms with E-state index in [1.807, 2.05) is 67.6 Å². The van der Waals surface area contributed by atoms with E-state index < -0.39 is 5.97 Å². The Balaban J connectivity index is 1.73. The lowest BCUT2D eigenvalue weighted by molar-refractivity contribution is -0.131. The van der Waals surface area contributed by atoms with Crippen molar-refractivity contribution in [2.75, 3.05) is 0 Å². The van der Waals surface area contributed by atoms with E-state index in [0.717, 1.165) is 28.2 Å². The van der Waals surface area contributed by atoms with Crippen LogP contribution in [0, 0.1) is 6.92 Å². The summed E-state index contributed by atoms with van der Waals surface area (Å²) in [5.74, 6) is -0.446. The van der Waals surface area contributed by atoms with Gasteiger partial charge in [-0.2, -0.15) is 0 Å². The minimum atomic E-state index is -1.06. The summed E-state index contributed by atoms with van der Waals surface area (Å²) in [6, 6.07) is 22.3. The second-order valence-corrected chi connectivity index (χ2v) is 8.00. The summed E-state index contributed by atoms with van der Waals surface area (Å²) in [5, 5.41) is 11.2. The second-order valence-electron chi connectivity index (χ2n) is 7.22. The molecular weight excluding hydrogens is 445 g/mol. The van der Waals surface area contributed by atoms with Crippen LogP contribution in [0.4, 0.5) is 0 Å². The molecule has 0 radical (unpaired) electrons. The number of halogens is 2. The van der Waals surface area contributed by atoms with Gasteiger partial charge in [-0.1, -0.05) is 77.8 Å². The molecule has 0 spiro atoms. The Morgan fingerprint density at radius 2 is 1.78 bits per heavy atom. The zero-order valence-electron chi connectivity index (χ0n) is 17.2. The van der Waals surface area contributed by atoms with Gasteiger partial charge in [0.25, 0.3) is 0 Å². The maximum atomic E-state index is 11.5. The molecule has 1 aromatic heterocycles. The van der Waals surface area contributed by atoms with Gasteiger partial charge in [-0.05, 0) is 36.3 Å². The number of carboxylic acid groups (broad SMARTS) is 1. The number of aliphatic carboxylic acids is 1. The van der Waals surface area contributed by atoms with Crippen LogP contribution in [0.5, 0.6) is 5.75 Å². The Labute approximate surface area is 195 Å². The third-order valence-corrected chi connectivity index (χ3v) is 5.81. The van der Waals surface area contributed by atoms with Gasteiger partial charge < -0.3 is 9.84 Å². The van der Waals surface area contributed by atoms with E-state index in [2.05, 4.69) is 4.98 Å². The molecule has 6 heteroatoms. The van der Waals surface area contributed by atoms with Crippen molar-refractivity contribution in [1.29, 1.82) is 0 Å². The van der Waals surface area contributed by atoms with Gasteiger partial charge in [-0.3, -0.25) is 0 Å². The van der Waals surface area contributed by atoms with Crippen molar-refractivity contribution in [3.05, 3.63) is 111 Å². The van der Waals surface area contributed by atoms with Crippen molar-refractivity contribution in [3.63, 3.8) is 0 Å². The molecule has 160 valence electrons. The Kier molecular flexibility index (Phi) is 6.45. The Morgan fingerprint density at radius 3 is 2.53 bits per heavy atom. The van der Waals surface area contributed by atoms with E-state index in [1.165, 1.54) is 0 Å². The highest BCUT2D eigenvalue weighted by Crippen LogP contribution is 2.36. The van der Waals surface area contributed by atoms with Crippen LogP contribution in [-0.2, 0) is 11.4 Å². The van der Waals surface area contributed by atoms with Crippen molar-refractivity contribution < 1.29 is 14.6 Å². The number of aromatic nitrogens is 1. The van der Waals surface area contributed by atoms with Gasteiger partial charge in [0.05, 0.1) is 5.02 Å². The van der Waals surface area contributed by atoms with Gasteiger partial charge in [0.2, 0.25) is 0 Å². The highest BCUT2D eigenvalue weighted by atomic mass is 35.5. The molecule has 0 aliphatic carbocycles. The fraction of sp³-hybridized carbons (Fsp3) is 0.0769.